The molecule has 2 heteroatoms. The molecule has 128 valence electrons. The molecule has 1 nitrogen and oxygen atoms in total. The number of benzene rings is 1. The van der Waals surface area contributed by atoms with E-state index in [1.54, 1.807) is 0 Å². The molecular formula is C21H34OSi. The minimum atomic E-state index is -1.67. The minimum absolute atomic E-state index is 0.113. The Morgan fingerprint density at radius 1 is 1.04 bits per heavy atom. The zero-order valence-corrected chi connectivity index (χ0v) is 17.3. The van der Waals surface area contributed by atoms with Crippen molar-refractivity contribution in [2.45, 2.75) is 66.1 Å². The molecule has 0 aromatic heterocycles. The summed E-state index contributed by atoms with van der Waals surface area (Å²) >= 11 is 0. The maximum Gasteiger partial charge on any atom is 0.191 e. The summed E-state index contributed by atoms with van der Waals surface area (Å²) in [6.07, 6.45) is 3.03. The monoisotopic (exact) mass is 330 g/mol. The van der Waals surface area contributed by atoms with Crippen LogP contribution in [0.15, 0.2) is 41.6 Å². The van der Waals surface area contributed by atoms with Gasteiger partial charge in [0.1, 0.15) is 0 Å². The van der Waals surface area contributed by atoms with Crippen molar-refractivity contribution in [1.29, 1.82) is 0 Å². The van der Waals surface area contributed by atoms with Crippen molar-refractivity contribution in [3.8, 4) is 0 Å². The van der Waals surface area contributed by atoms with E-state index in [0.717, 1.165) is 13.0 Å². The molecule has 0 radical (unpaired) electrons. The van der Waals surface area contributed by atoms with Gasteiger partial charge in [-0.1, -0.05) is 71.9 Å². The molecule has 1 rings (SSSR count). The van der Waals surface area contributed by atoms with Gasteiger partial charge >= 0.3 is 0 Å². The molecule has 0 unspecified atom stereocenters. The van der Waals surface area contributed by atoms with Gasteiger partial charge in [-0.25, -0.2) is 0 Å². The molecule has 0 saturated carbocycles. The van der Waals surface area contributed by atoms with Gasteiger partial charge in [-0.15, -0.1) is 5.73 Å². The first kappa shape index (κ1) is 20.0. The molecule has 0 amide bonds. The van der Waals surface area contributed by atoms with E-state index in [-0.39, 0.29) is 10.5 Å². The molecular weight excluding hydrogens is 296 g/mol. The Labute approximate surface area is 144 Å². The highest BCUT2D eigenvalue weighted by Gasteiger charge is 2.37. The number of rotatable bonds is 5. The maximum atomic E-state index is 6.34. The fourth-order valence-electron chi connectivity index (χ4n) is 2.01. The third-order valence-electron chi connectivity index (χ3n) is 4.74. The Morgan fingerprint density at radius 3 is 2.09 bits per heavy atom. The second kappa shape index (κ2) is 7.66. The van der Waals surface area contributed by atoms with Crippen molar-refractivity contribution >= 4 is 14.4 Å². The summed E-state index contributed by atoms with van der Waals surface area (Å²) < 4.78 is 6.34. The second-order valence-corrected chi connectivity index (χ2v) is 13.6. The van der Waals surface area contributed by atoms with Crippen molar-refractivity contribution in [1.82, 2.24) is 0 Å². The van der Waals surface area contributed by atoms with E-state index in [2.05, 4.69) is 90.7 Å². The lowest BCUT2D eigenvalue weighted by molar-refractivity contribution is 0.282. The predicted octanol–water partition coefficient (Wildman–Crippen LogP) is 6.68. The normalized spacial score (nSPS) is 12.7. The lowest BCUT2D eigenvalue weighted by Crippen LogP contribution is -2.41. The van der Waals surface area contributed by atoms with Crippen LogP contribution in [-0.4, -0.2) is 14.9 Å². The van der Waals surface area contributed by atoms with Crippen molar-refractivity contribution in [3.05, 3.63) is 47.2 Å². The van der Waals surface area contributed by atoms with Crippen molar-refractivity contribution in [2.75, 3.05) is 6.61 Å². The highest BCUT2D eigenvalue weighted by Crippen LogP contribution is 2.37. The SMILES string of the molecule is CC(C)(C)C(=C=Cc1ccccc1)CCO[Si](C)(C)C(C)(C)C. The smallest absolute Gasteiger partial charge is 0.191 e. The van der Waals surface area contributed by atoms with E-state index in [4.69, 9.17) is 4.43 Å². The first-order valence-corrected chi connectivity index (χ1v) is 11.5. The molecule has 0 spiro atoms. The third-order valence-corrected chi connectivity index (χ3v) is 9.28. The highest BCUT2D eigenvalue weighted by molar-refractivity contribution is 6.74. The Morgan fingerprint density at radius 2 is 1.61 bits per heavy atom. The van der Waals surface area contributed by atoms with E-state index in [1.807, 2.05) is 6.07 Å². The van der Waals surface area contributed by atoms with Crippen molar-refractivity contribution < 1.29 is 4.43 Å². The van der Waals surface area contributed by atoms with Gasteiger partial charge in [0.15, 0.2) is 8.32 Å². The van der Waals surface area contributed by atoms with Gasteiger partial charge in [0.05, 0.1) is 0 Å². The van der Waals surface area contributed by atoms with E-state index < -0.39 is 8.32 Å². The number of hydrogen-bond acceptors (Lipinski definition) is 1. The quantitative estimate of drug-likeness (QED) is 0.432. The minimum Gasteiger partial charge on any atom is -0.416 e. The number of hydrogen-bond donors (Lipinski definition) is 0. The highest BCUT2D eigenvalue weighted by atomic mass is 28.4. The van der Waals surface area contributed by atoms with Crippen LogP contribution in [-0.2, 0) is 4.43 Å². The van der Waals surface area contributed by atoms with Crippen molar-refractivity contribution in [2.24, 2.45) is 5.41 Å². The van der Waals surface area contributed by atoms with Crippen LogP contribution in [0.4, 0.5) is 0 Å². The van der Waals surface area contributed by atoms with Crippen LogP contribution < -0.4 is 0 Å². The topological polar surface area (TPSA) is 9.23 Å². The Balaban J connectivity index is 2.84. The molecule has 1 aromatic carbocycles. The molecule has 0 saturated heterocycles. The summed E-state index contributed by atoms with van der Waals surface area (Å²) in [5, 5.41) is 0.262. The molecule has 0 aliphatic rings. The Bertz CT molecular complexity index is 550. The van der Waals surface area contributed by atoms with Crippen LogP contribution in [0.1, 0.15) is 53.5 Å². The van der Waals surface area contributed by atoms with Gasteiger partial charge in [-0.2, -0.15) is 0 Å². The Hall–Kier alpha value is -1.08. The Kier molecular flexibility index (Phi) is 6.65. The zero-order valence-electron chi connectivity index (χ0n) is 16.3. The largest absolute Gasteiger partial charge is 0.416 e. The summed E-state index contributed by atoms with van der Waals surface area (Å²) in [6.45, 7) is 19.0. The van der Waals surface area contributed by atoms with Crippen LogP contribution in [0.3, 0.4) is 0 Å². The molecule has 0 atom stereocenters. The average Bonchev–Trinajstić information content (AvgIpc) is 2.41. The maximum absolute atomic E-state index is 6.34. The zero-order chi connectivity index (χ0) is 17.7. The van der Waals surface area contributed by atoms with Gasteiger partial charge in [0.2, 0.25) is 0 Å². The fraction of sp³-hybridized carbons (Fsp3) is 0.571. The standard InChI is InChI=1S/C21H34OSi/c1-20(2,3)19(15-14-18-12-10-9-11-13-18)16-17-22-23(7,8)21(4,5)6/h9-14H,16-17H2,1-8H3. The van der Waals surface area contributed by atoms with E-state index >= 15 is 0 Å². The predicted molar refractivity (Wildman–Crippen MR) is 105 cm³/mol. The third kappa shape index (κ3) is 6.51. The first-order chi connectivity index (χ1) is 10.4. The van der Waals surface area contributed by atoms with Crippen LogP contribution in [0, 0.1) is 5.41 Å². The molecule has 0 aliphatic heterocycles. The van der Waals surface area contributed by atoms with E-state index in [9.17, 15) is 0 Å². The molecule has 0 N–H and O–H groups in total. The average molecular weight is 331 g/mol. The molecule has 0 fully saturated rings. The van der Waals surface area contributed by atoms with Gasteiger partial charge in [-0.05, 0) is 47.2 Å². The molecule has 0 heterocycles. The van der Waals surface area contributed by atoms with E-state index in [0.29, 0.717) is 0 Å². The van der Waals surface area contributed by atoms with Crippen LogP contribution in [0.25, 0.3) is 6.08 Å². The molecule has 1 aromatic rings. The summed E-state index contributed by atoms with van der Waals surface area (Å²) in [5.74, 6) is 0. The van der Waals surface area contributed by atoms with Gasteiger partial charge < -0.3 is 4.43 Å². The lowest BCUT2D eigenvalue weighted by atomic mass is 9.85. The summed E-state index contributed by atoms with van der Waals surface area (Å²) in [4.78, 5) is 0. The van der Waals surface area contributed by atoms with Crippen molar-refractivity contribution in [3.63, 3.8) is 0 Å². The van der Waals surface area contributed by atoms with Gasteiger partial charge in [0.25, 0.3) is 0 Å². The van der Waals surface area contributed by atoms with Gasteiger partial charge in [0, 0.05) is 6.61 Å². The van der Waals surface area contributed by atoms with E-state index in [1.165, 1.54) is 11.1 Å². The van der Waals surface area contributed by atoms with Crippen LogP contribution in [0.5, 0.6) is 0 Å². The van der Waals surface area contributed by atoms with Gasteiger partial charge in [-0.3, -0.25) is 0 Å². The van der Waals surface area contributed by atoms with Crippen LogP contribution in [0.2, 0.25) is 18.1 Å². The molecule has 0 bridgehead atoms. The summed E-state index contributed by atoms with van der Waals surface area (Å²) in [7, 11) is -1.67. The summed E-state index contributed by atoms with van der Waals surface area (Å²) in [6, 6.07) is 10.4. The summed E-state index contributed by atoms with van der Waals surface area (Å²) in [5.41, 5.74) is 6.15. The molecule has 23 heavy (non-hydrogen) atoms. The first-order valence-electron chi connectivity index (χ1n) is 8.58. The molecule has 0 aliphatic carbocycles. The lowest BCUT2D eigenvalue weighted by Gasteiger charge is -2.36. The fourth-order valence-corrected chi connectivity index (χ4v) is 3.05. The van der Waals surface area contributed by atoms with Crippen LogP contribution >= 0.6 is 0 Å². The second-order valence-electron chi connectivity index (χ2n) is 8.79.